The number of aryl methyl sites for hydroxylation is 2. The fraction of sp³-hybridized carbons (Fsp3) is 0.267. The van der Waals surface area contributed by atoms with Crippen molar-refractivity contribution in [3.63, 3.8) is 0 Å². The monoisotopic (exact) mass is 526 g/mol. The number of nitrogens with zero attached hydrogens (tertiary/aromatic N) is 6. The highest BCUT2D eigenvalue weighted by atomic mass is 16.5. The Bertz CT molecular complexity index is 1490. The third-order valence-electron chi connectivity index (χ3n) is 6.21. The predicted molar refractivity (Wildman–Crippen MR) is 154 cm³/mol. The molecule has 0 atom stereocenters. The molecular formula is C30H34N6O3. The number of anilines is 2. The topological polar surface area (TPSA) is 87.4 Å². The van der Waals surface area contributed by atoms with Gasteiger partial charge >= 0.3 is 0 Å². The lowest BCUT2D eigenvalue weighted by atomic mass is 10.2. The van der Waals surface area contributed by atoms with E-state index >= 15 is 0 Å². The standard InChI is InChI=1S/C22H23N5O2.C8H11NO/c1-5-27(17-8-18(28-3)11-19(9-17)29-4)16-6-7-20-21(10-16)25-22(13-23-20)15-12-24-26(2)14-15;1-3-7-8(10-2)5-4-6-9-7/h6-14H,5H2,1-4H3;4-6H,3H2,1-2H3. The summed E-state index contributed by atoms with van der Waals surface area (Å²) >= 11 is 0. The lowest BCUT2D eigenvalue weighted by Gasteiger charge is -2.24. The summed E-state index contributed by atoms with van der Waals surface area (Å²) in [7, 11) is 6.86. The fourth-order valence-electron chi connectivity index (χ4n) is 4.20. The van der Waals surface area contributed by atoms with E-state index in [4.69, 9.17) is 19.2 Å². The van der Waals surface area contributed by atoms with E-state index in [0.29, 0.717) is 0 Å². The Balaban J connectivity index is 0.000000298. The quantitative estimate of drug-likeness (QED) is 0.249. The maximum atomic E-state index is 5.43. The van der Waals surface area contributed by atoms with Crippen molar-refractivity contribution in [3.05, 3.63) is 79.0 Å². The van der Waals surface area contributed by atoms with Gasteiger partial charge in [-0.25, -0.2) is 4.98 Å². The second-order valence-electron chi connectivity index (χ2n) is 8.65. The summed E-state index contributed by atoms with van der Waals surface area (Å²) in [4.78, 5) is 15.7. The maximum Gasteiger partial charge on any atom is 0.140 e. The molecule has 0 bridgehead atoms. The molecule has 202 valence electrons. The van der Waals surface area contributed by atoms with Crippen LogP contribution in [0.4, 0.5) is 11.4 Å². The molecule has 39 heavy (non-hydrogen) atoms. The first kappa shape index (κ1) is 27.4. The van der Waals surface area contributed by atoms with Crippen molar-refractivity contribution < 1.29 is 14.2 Å². The zero-order chi connectivity index (χ0) is 27.8. The van der Waals surface area contributed by atoms with Crippen LogP contribution >= 0.6 is 0 Å². The van der Waals surface area contributed by atoms with Gasteiger partial charge in [0.1, 0.15) is 17.2 Å². The molecule has 0 radical (unpaired) electrons. The lowest BCUT2D eigenvalue weighted by Crippen LogP contribution is -2.16. The van der Waals surface area contributed by atoms with Crippen LogP contribution in [0.5, 0.6) is 17.2 Å². The molecule has 0 amide bonds. The van der Waals surface area contributed by atoms with Crippen molar-refractivity contribution in [2.45, 2.75) is 20.3 Å². The van der Waals surface area contributed by atoms with Crippen LogP contribution in [-0.2, 0) is 13.5 Å². The largest absolute Gasteiger partial charge is 0.497 e. The molecule has 0 saturated heterocycles. The van der Waals surface area contributed by atoms with Gasteiger partial charge in [-0.15, -0.1) is 0 Å². The minimum atomic E-state index is 0.747. The SMILES string of the molecule is CCN(c1cc(OC)cc(OC)c1)c1ccc2ncc(-c3cnn(C)c3)nc2c1.CCc1ncccc1OC. The van der Waals surface area contributed by atoms with Gasteiger partial charge in [0, 0.05) is 61.1 Å². The number of ether oxygens (including phenoxy) is 3. The van der Waals surface area contributed by atoms with Crippen LogP contribution in [0.15, 0.2) is 73.3 Å². The summed E-state index contributed by atoms with van der Waals surface area (Å²) in [5, 5.41) is 4.22. The molecular weight excluding hydrogens is 492 g/mol. The summed E-state index contributed by atoms with van der Waals surface area (Å²) < 4.78 is 17.7. The molecule has 2 aromatic carbocycles. The number of fused-ring (bicyclic) bond motifs is 1. The molecule has 0 N–H and O–H groups in total. The van der Waals surface area contributed by atoms with Gasteiger partial charge in [0.25, 0.3) is 0 Å². The van der Waals surface area contributed by atoms with E-state index in [1.54, 1.807) is 44.6 Å². The summed E-state index contributed by atoms with van der Waals surface area (Å²) in [6.07, 6.45) is 8.20. The van der Waals surface area contributed by atoms with Crippen LogP contribution in [-0.4, -0.2) is 52.6 Å². The Morgan fingerprint density at radius 1 is 0.821 bits per heavy atom. The average Bonchev–Trinajstić information content (AvgIpc) is 3.43. The number of pyridine rings is 1. The van der Waals surface area contributed by atoms with Gasteiger partial charge in [-0.2, -0.15) is 5.10 Å². The van der Waals surface area contributed by atoms with Gasteiger partial charge in [-0.1, -0.05) is 6.92 Å². The summed E-state index contributed by atoms with van der Waals surface area (Å²) in [6.45, 7) is 4.94. The summed E-state index contributed by atoms with van der Waals surface area (Å²) in [5.41, 5.74) is 6.45. The zero-order valence-corrected chi connectivity index (χ0v) is 23.3. The fourth-order valence-corrected chi connectivity index (χ4v) is 4.20. The zero-order valence-electron chi connectivity index (χ0n) is 23.3. The molecule has 0 aliphatic rings. The third-order valence-corrected chi connectivity index (χ3v) is 6.21. The number of methoxy groups -OCH3 is 3. The van der Waals surface area contributed by atoms with Crippen molar-refractivity contribution in [3.8, 4) is 28.5 Å². The third kappa shape index (κ3) is 6.43. The molecule has 9 heteroatoms. The molecule has 9 nitrogen and oxygen atoms in total. The minimum Gasteiger partial charge on any atom is -0.497 e. The summed E-state index contributed by atoms with van der Waals surface area (Å²) in [5.74, 6) is 2.37. The molecule has 3 heterocycles. The number of aromatic nitrogens is 5. The van der Waals surface area contributed by atoms with Crippen LogP contribution in [0, 0.1) is 0 Å². The van der Waals surface area contributed by atoms with E-state index in [-0.39, 0.29) is 0 Å². The van der Waals surface area contributed by atoms with E-state index in [0.717, 1.165) is 69.6 Å². The predicted octanol–water partition coefficient (Wildman–Crippen LogP) is 5.86. The Hall–Kier alpha value is -4.66. The number of rotatable bonds is 8. The van der Waals surface area contributed by atoms with Crippen molar-refractivity contribution in [1.29, 1.82) is 0 Å². The van der Waals surface area contributed by atoms with E-state index in [1.165, 1.54) is 0 Å². The Morgan fingerprint density at radius 2 is 1.59 bits per heavy atom. The van der Waals surface area contributed by atoms with Crippen molar-refractivity contribution in [1.82, 2.24) is 24.7 Å². The molecule has 0 unspecified atom stereocenters. The van der Waals surface area contributed by atoms with Crippen LogP contribution in [0.1, 0.15) is 19.5 Å². The number of benzene rings is 2. The lowest BCUT2D eigenvalue weighted by molar-refractivity contribution is 0.394. The molecule has 5 rings (SSSR count). The molecule has 0 fully saturated rings. The average molecular weight is 527 g/mol. The van der Waals surface area contributed by atoms with Gasteiger partial charge in [-0.3, -0.25) is 14.6 Å². The number of hydrogen-bond acceptors (Lipinski definition) is 8. The van der Waals surface area contributed by atoms with Crippen molar-refractivity contribution in [2.75, 3.05) is 32.8 Å². The first-order valence-corrected chi connectivity index (χ1v) is 12.7. The van der Waals surface area contributed by atoms with Gasteiger partial charge in [0.2, 0.25) is 0 Å². The highest BCUT2D eigenvalue weighted by Crippen LogP contribution is 2.34. The van der Waals surface area contributed by atoms with E-state index in [9.17, 15) is 0 Å². The molecule has 0 spiro atoms. The van der Waals surface area contributed by atoms with Gasteiger partial charge < -0.3 is 19.1 Å². The second kappa shape index (κ2) is 12.7. The van der Waals surface area contributed by atoms with E-state index < -0.39 is 0 Å². The van der Waals surface area contributed by atoms with Crippen LogP contribution in [0.25, 0.3) is 22.3 Å². The van der Waals surface area contributed by atoms with Gasteiger partial charge in [-0.05, 0) is 43.7 Å². The highest BCUT2D eigenvalue weighted by molar-refractivity contribution is 5.82. The van der Waals surface area contributed by atoms with Gasteiger partial charge in [0.05, 0.1) is 56.1 Å². The smallest absolute Gasteiger partial charge is 0.140 e. The maximum absolute atomic E-state index is 5.43. The normalized spacial score (nSPS) is 10.5. The van der Waals surface area contributed by atoms with E-state index in [1.807, 2.05) is 49.6 Å². The molecule has 0 saturated carbocycles. The van der Waals surface area contributed by atoms with Crippen molar-refractivity contribution >= 4 is 22.4 Å². The Kier molecular flexibility index (Phi) is 8.94. The first-order chi connectivity index (χ1) is 19.0. The molecule has 0 aliphatic carbocycles. The highest BCUT2D eigenvalue weighted by Gasteiger charge is 2.13. The van der Waals surface area contributed by atoms with Crippen LogP contribution in [0.2, 0.25) is 0 Å². The number of hydrogen-bond donors (Lipinski definition) is 0. The molecule has 5 aromatic rings. The Labute approximate surface area is 229 Å². The van der Waals surface area contributed by atoms with Crippen LogP contribution < -0.4 is 19.1 Å². The van der Waals surface area contributed by atoms with E-state index in [2.05, 4.69) is 45.9 Å². The minimum absolute atomic E-state index is 0.747. The van der Waals surface area contributed by atoms with Crippen molar-refractivity contribution in [2.24, 2.45) is 7.05 Å². The summed E-state index contributed by atoms with van der Waals surface area (Å²) in [6, 6.07) is 15.7. The van der Waals surface area contributed by atoms with Gasteiger partial charge in [0.15, 0.2) is 0 Å². The molecule has 3 aromatic heterocycles. The Morgan fingerprint density at radius 3 is 2.18 bits per heavy atom. The van der Waals surface area contributed by atoms with Crippen LogP contribution in [0.3, 0.4) is 0 Å². The first-order valence-electron chi connectivity index (χ1n) is 12.7. The second-order valence-corrected chi connectivity index (χ2v) is 8.65. The molecule has 0 aliphatic heterocycles.